The van der Waals surface area contributed by atoms with Gasteiger partial charge in [-0.05, 0) is 24.3 Å². The minimum Gasteiger partial charge on any atom is -0.299 e. The molecule has 6 heteroatoms. The summed E-state index contributed by atoms with van der Waals surface area (Å²) in [6.07, 6.45) is 1.77. The number of hydrogen-bond donors (Lipinski definition) is 0. The predicted octanol–water partition coefficient (Wildman–Crippen LogP) is 6.83. The number of aromatic nitrogens is 1. The molecule has 30 heavy (non-hydrogen) atoms. The lowest BCUT2D eigenvalue weighted by atomic mass is 10.1. The minimum atomic E-state index is -0.160. The Balaban J connectivity index is 1.45. The van der Waals surface area contributed by atoms with E-state index in [4.69, 9.17) is 0 Å². The van der Waals surface area contributed by atoms with E-state index in [0.29, 0.717) is 11.1 Å². The zero-order chi connectivity index (χ0) is 20.0. The van der Waals surface area contributed by atoms with Crippen molar-refractivity contribution in [2.75, 3.05) is 0 Å². The smallest absolute Gasteiger partial charge is 0.198 e. The van der Waals surface area contributed by atoms with Crippen LogP contribution in [0.15, 0.2) is 74.7 Å². The van der Waals surface area contributed by atoms with Crippen molar-refractivity contribution >= 4 is 73.9 Å². The summed E-state index contributed by atoms with van der Waals surface area (Å²) >= 11 is 4.78. The van der Waals surface area contributed by atoms with Crippen molar-refractivity contribution in [3.05, 3.63) is 80.9 Å². The monoisotopic (exact) mass is 441 g/mol. The molecule has 4 heterocycles. The van der Waals surface area contributed by atoms with Crippen LogP contribution in [0.1, 0.15) is 25.6 Å². The number of Topliss-reactive ketones (excluding diaryl/α,β-unsaturated/α-hetero) is 2. The van der Waals surface area contributed by atoms with Crippen molar-refractivity contribution in [3.8, 4) is 5.00 Å². The number of thiophene rings is 2. The Labute approximate surface area is 183 Å². The number of para-hydroxylation sites is 2. The molecule has 1 aliphatic carbocycles. The summed E-state index contributed by atoms with van der Waals surface area (Å²) in [5.41, 5.74) is 3.76. The molecule has 5 aromatic rings. The molecule has 0 fully saturated rings. The van der Waals surface area contributed by atoms with Gasteiger partial charge >= 0.3 is 0 Å². The molecule has 142 valence electrons. The molecule has 2 aromatic carbocycles. The molecule has 0 N–H and O–H groups in total. The summed E-state index contributed by atoms with van der Waals surface area (Å²) in [5.74, 6) is -0.320. The van der Waals surface area contributed by atoms with Crippen LogP contribution in [0.5, 0.6) is 0 Å². The molecule has 3 aromatic heterocycles. The highest BCUT2D eigenvalue weighted by molar-refractivity contribution is 8.00. The van der Waals surface area contributed by atoms with Crippen LogP contribution in [0, 0.1) is 0 Å². The standard InChI is InChI=1S/C24H11NO2S3/c26-22-15(23(27)17-11-28-10-16(17)22)8-12-9-20-24(29-12)25-18-6-2-1-4-13(18)14-5-3-7-19(30-20)21(14)25/h1-11H. The first-order valence-corrected chi connectivity index (χ1v) is 12.0. The van der Waals surface area contributed by atoms with E-state index in [0.717, 1.165) is 14.8 Å². The largest absolute Gasteiger partial charge is 0.299 e. The number of benzene rings is 2. The van der Waals surface area contributed by atoms with E-state index in [2.05, 4.69) is 53.1 Å². The summed E-state index contributed by atoms with van der Waals surface area (Å²) in [5, 5.41) is 7.17. The van der Waals surface area contributed by atoms with Crippen molar-refractivity contribution < 1.29 is 9.59 Å². The molecule has 0 saturated carbocycles. The highest BCUT2D eigenvalue weighted by Crippen LogP contribution is 2.49. The van der Waals surface area contributed by atoms with Gasteiger partial charge in [-0.15, -0.1) is 11.3 Å². The lowest BCUT2D eigenvalue weighted by Crippen LogP contribution is -2.00. The zero-order valence-corrected chi connectivity index (χ0v) is 17.8. The fraction of sp³-hybridized carbons (Fsp3) is 0. The summed E-state index contributed by atoms with van der Waals surface area (Å²) in [6.45, 7) is 0. The molecule has 0 saturated heterocycles. The minimum absolute atomic E-state index is 0.160. The van der Waals surface area contributed by atoms with Crippen LogP contribution in [-0.4, -0.2) is 16.1 Å². The summed E-state index contributed by atoms with van der Waals surface area (Å²) in [6, 6.07) is 17.0. The zero-order valence-electron chi connectivity index (χ0n) is 15.3. The van der Waals surface area contributed by atoms with Gasteiger partial charge in [0.25, 0.3) is 0 Å². The van der Waals surface area contributed by atoms with Gasteiger partial charge in [-0.3, -0.25) is 14.2 Å². The summed E-state index contributed by atoms with van der Waals surface area (Å²) < 4.78 is 2.33. The average molecular weight is 442 g/mol. The molecule has 0 amide bonds. The first kappa shape index (κ1) is 16.8. The van der Waals surface area contributed by atoms with Crippen LogP contribution in [0.3, 0.4) is 0 Å². The Kier molecular flexibility index (Phi) is 3.26. The third kappa shape index (κ3) is 2.06. The highest BCUT2D eigenvalue weighted by atomic mass is 32.2. The van der Waals surface area contributed by atoms with Gasteiger partial charge in [0.1, 0.15) is 5.00 Å². The van der Waals surface area contributed by atoms with Crippen LogP contribution in [0.25, 0.3) is 32.9 Å². The molecule has 0 spiro atoms. The van der Waals surface area contributed by atoms with Crippen LogP contribution < -0.4 is 0 Å². The van der Waals surface area contributed by atoms with Crippen molar-refractivity contribution in [1.29, 1.82) is 0 Å². The number of fused-ring (bicyclic) bond motifs is 6. The van der Waals surface area contributed by atoms with E-state index in [1.165, 1.54) is 38.0 Å². The van der Waals surface area contributed by atoms with Crippen molar-refractivity contribution in [1.82, 2.24) is 4.57 Å². The van der Waals surface area contributed by atoms with E-state index in [-0.39, 0.29) is 17.1 Å². The molecule has 0 atom stereocenters. The van der Waals surface area contributed by atoms with E-state index in [1.807, 2.05) is 0 Å². The highest BCUT2D eigenvalue weighted by Gasteiger charge is 2.34. The van der Waals surface area contributed by atoms with Gasteiger partial charge in [-0.25, -0.2) is 0 Å². The first-order valence-electron chi connectivity index (χ1n) is 9.42. The Morgan fingerprint density at radius 2 is 1.60 bits per heavy atom. The molecule has 2 aliphatic rings. The Hall–Kier alpha value is -2.93. The third-order valence-electron chi connectivity index (χ3n) is 5.71. The number of rotatable bonds is 1. The van der Waals surface area contributed by atoms with Crippen LogP contribution in [-0.2, 0) is 0 Å². The lowest BCUT2D eigenvalue weighted by Gasteiger charge is -2.15. The van der Waals surface area contributed by atoms with Gasteiger partial charge in [0.05, 0.1) is 16.6 Å². The topological polar surface area (TPSA) is 39.1 Å². The van der Waals surface area contributed by atoms with Gasteiger partial charge in [0, 0.05) is 47.3 Å². The number of carbonyl (C=O) groups excluding carboxylic acids is 2. The number of ketones is 2. The number of allylic oxidation sites excluding steroid dienone is 1. The van der Waals surface area contributed by atoms with Crippen LogP contribution in [0.4, 0.5) is 0 Å². The van der Waals surface area contributed by atoms with E-state index in [9.17, 15) is 9.59 Å². The van der Waals surface area contributed by atoms with Crippen molar-refractivity contribution in [3.63, 3.8) is 0 Å². The van der Waals surface area contributed by atoms with Crippen molar-refractivity contribution in [2.45, 2.75) is 9.79 Å². The van der Waals surface area contributed by atoms with E-state index in [1.54, 1.807) is 39.9 Å². The van der Waals surface area contributed by atoms with Gasteiger partial charge in [0.2, 0.25) is 0 Å². The predicted molar refractivity (Wildman–Crippen MR) is 124 cm³/mol. The summed E-state index contributed by atoms with van der Waals surface area (Å²) in [7, 11) is 0. The number of nitrogens with zero attached hydrogens (tertiary/aromatic N) is 1. The number of carbonyl (C=O) groups is 2. The Morgan fingerprint density at radius 1 is 0.833 bits per heavy atom. The fourth-order valence-electron chi connectivity index (χ4n) is 4.40. The lowest BCUT2D eigenvalue weighted by molar-refractivity contribution is 0.0990. The maximum absolute atomic E-state index is 12.7. The van der Waals surface area contributed by atoms with Gasteiger partial charge < -0.3 is 0 Å². The van der Waals surface area contributed by atoms with Crippen molar-refractivity contribution in [2.24, 2.45) is 0 Å². The fourth-order valence-corrected chi connectivity index (χ4v) is 7.59. The molecule has 3 nitrogen and oxygen atoms in total. The molecule has 0 radical (unpaired) electrons. The second-order valence-electron chi connectivity index (χ2n) is 7.34. The molecule has 0 bridgehead atoms. The first-order chi connectivity index (χ1) is 14.7. The molecule has 0 unspecified atom stereocenters. The average Bonchev–Trinajstić information content (AvgIpc) is 3.51. The van der Waals surface area contributed by atoms with Gasteiger partial charge in [-0.1, -0.05) is 42.1 Å². The SMILES string of the molecule is O=C1C(=Cc2cc3c(s2)-n2c4ccccc4c4cccc(c42)S3)C(=O)c2cscc21. The normalized spacial score (nSPS) is 14.6. The quantitative estimate of drug-likeness (QED) is 0.207. The second-order valence-corrected chi connectivity index (χ2v) is 10.2. The van der Waals surface area contributed by atoms with Gasteiger partial charge in [0.15, 0.2) is 11.6 Å². The van der Waals surface area contributed by atoms with E-state index >= 15 is 0 Å². The molecule has 1 aliphatic heterocycles. The van der Waals surface area contributed by atoms with E-state index < -0.39 is 0 Å². The molecular formula is C24H11NO2S3. The summed E-state index contributed by atoms with van der Waals surface area (Å²) in [4.78, 5) is 28.7. The third-order valence-corrected chi connectivity index (χ3v) is 8.73. The van der Waals surface area contributed by atoms with Crippen LogP contribution >= 0.6 is 34.4 Å². The Bertz CT molecular complexity index is 1580. The van der Waals surface area contributed by atoms with Crippen LogP contribution in [0.2, 0.25) is 0 Å². The maximum atomic E-state index is 12.7. The van der Waals surface area contributed by atoms with Gasteiger partial charge in [-0.2, -0.15) is 11.3 Å². The molecular weight excluding hydrogens is 430 g/mol. The second kappa shape index (κ2) is 5.82. The number of hydrogen-bond acceptors (Lipinski definition) is 5. The molecule has 7 rings (SSSR count). The maximum Gasteiger partial charge on any atom is 0.198 e. The Morgan fingerprint density at radius 3 is 2.43 bits per heavy atom.